The van der Waals surface area contributed by atoms with Crippen LogP contribution in [0.3, 0.4) is 0 Å². The van der Waals surface area contributed by atoms with E-state index in [4.69, 9.17) is 74.9 Å². The molecular weight excluding hydrogens is 335 g/mol. The van der Waals surface area contributed by atoms with Gasteiger partial charge >= 0.3 is 0 Å². The third-order valence-electron chi connectivity index (χ3n) is 1.77. The quantitative estimate of drug-likeness (QED) is 0.596. The number of alkyl halides is 6. The van der Waals surface area contributed by atoms with Crippen LogP contribution in [-0.2, 0) is 7.59 Å². The molecule has 7 heteroatoms. The van der Waals surface area contributed by atoms with Crippen molar-refractivity contribution in [1.82, 2.24) is 0 Å². The predicted molar refractivity (Wildman–Crippen MR) is 69.6 cm³/mol. The highest BCUT2D eigenvalue weighted by molar-refractivity contribution is 6.69. The lowest BCUT2D eigenvalue weighted by Gasteiger charge is -2.22. The van der Waals surface area contributed by atoms with Gasteiger partial charge in [0.2, 0.25) is 7.59 Å². The Labute approximate surface area is 123 Å². The number of benzene rings is 1. The third kappa shape index (κ3) is 3.23. The Morgan fingerprint density at radius 3 is 1.88 bits per heavy atom. The molecule has 0 spiro atoms. The van der Waals surface area contributed by atoms with Crippen LogP contribution in [0, 0.1) is 11.3 Å². The maximum atomic E-state index is 8.92. The van der Waals surface area contributed by atoms with E-state index in [1.807, 2.05) is 6.07 Å². The van der Waals surface area contributed by atoms with Crippen molar-refractivity contribution in [3.05, 3.63) is 34.9 Å². The summed E-state index contributed by atoms with van der Waals surface area (Å²) in [5.74, 6) is 0. The van der Waals surface area contributed by atoms with Crippen LogP contribution in [-0.4, -0.2) is 0 Å². The first-order valence-electron chi connectivity index (χ1n) is 3.85. The summed E-state index contributed by atoms with van der Waals surface area (Å²) in [6.45, 7) is 0. The smallest absolute Gasteiger partial charge is 0.192 e. The maximum absolute atomic E-state index is 8.92. The molecule has 0 fully saturated rings. The highest BCUT2D eigenvalue weighted by Gasteiger charge is 2.36. The Bertz CT molecular complexity index is 437. The summed E-state index contributed by atoms with van der Waals surface area (Å²) < 4.78 is -3.59. The third-order valence-corrected chi connectivity index (χ3v) is 2.95. The SMILES string of the molecule is N#Cc1cccc(C(Cl)(Cl)Cl)c1C(Cl)(Cl)Cl. The molecule has 0 bridgehead atoms. The van der Waals surface area contributed by atoms with Gasteiger partial charge in [0.25, 0.3) is 0 Å². The zero-order valence-corrected chi connectivity index (χ0v) is 12.0. The van der Waals surface area contributed by atoms with E-state index in [-0.39, 0.29) is 16.7 Å². The van der Waals surface area contributed by atoms with Crippen molar-refractivity contribution in [3.8, 4) is 6.07 Å². The number of rotatable bonds is 0. The second-order valence-electron chi connectivity index (χ2n) is 2.84. The lowest BCUT2D eigenvalue weighted by Crippen LogP contribution is -2.14. The first-order chi connectivity index (χ1) is 7.18. The largest absolute Gasteiger partial charge is 0.217 e. The van der Waals surface area contributed by atoms with E-state index in [0.717, 1.165) is 0 Å². The number of nitrogens with zero attached hydrogens (tertiary/aromatic N) is 1. The standard InChI is InChI=1S/C9H3Cl6N/c10-8(11,12)6-3-1-2-5(4-16)7(6)9(13,14)15/h1-3H. The molecule has 16 heavy (non-hydrogen) atoms. The highest BCUT2D eigenvalue weighted by atomic mass is 35.6. The van der Waals surface area contributed by atoms with E-state index in [1.165, 1.54) is 12.1 Å². The van der Waals surface area contributed by atoms with Crippen molar-refractivity contribution in [2.45, 2.75) is 7.59 Å². The highest BCUT2D eigenvalue weighted by Crippen LogP contribution is 2.49. The molecule has 0 heterocycles. The number of halogens is 6. The second-order valence-corrected chi connectivity index (χ2v) is 7.40. The molecule has 1 aromatic rings. The van der Waals surface area contributed by atoms with E-state index in [1.54, 1.807) is 6.07 Å². The summed E-state index contributed by atoms with van der Waals surface area (Å²) in [7, 11) is 0. The lowest BCUT2D eigenvalue weighted by molar-refractivity contribution is 1.10. The Morgan fingerprint density at radius 1 is 0.938 bits per heavy atom. The molecule has 0 N–H and O–H groups in total. The van der Waals surface area contributed by atoms with Crippen LogP contribution in [0.2, 0.25) is 0 Å². The van der Waals surface area contributed by atoms with Crippen molar-refractivity contribution in [3.63, 3.8) is 0 Å². The van der Waals surface area contributed by atoms with Crippen molar-refractivity contribution < 1.29 is 0 Å². The number of hydrogen-bond acceptors (Lipinski definition) is 1. The van der Waals surface area contributed by atoms with Crippen LogP contribution in [0.25, 0.3) is 0 Å². The molecule has 0 aliphatic rings. The summed E-state index contributed by atoms with van der Waals surface area (Å²) >= 11 is 34.5. The van der Waals surface area contributed by atoms with Crippen LogP contribution < -0.4 is 0 Å². The fourth-order valence-corrected chi connectivity index (χ4v) is 2.27. The van der Waals surface area contributed by atoms with Crippen LogP contribution in [0.5, 0.6) is 0 Å². The summed E-state index contributed by atoms with van der Waals surface area (Å²) in [4.78, 5) is 0. The van der Waals surface area contributed by atoms with E-state index < -0.39 is 7.59 Å². The van der Waals surface area contributed by atoms with Gasteiger partial charge in [-0.15, -0.1) is 0 Å². The zero-order valence-electron chi connectivity index (χ0n) is 7.45. The molecule has 0 radical (unpaired) electrons. The van der Waals surface area contributed by atoms with E-state index in [0.29, 0.717) is 0 Å². The van der Waals surface area contributed by atoms with Gasteiger partial charge in [-0.25, -0.2) is 0 Å². The molecule has 0 aliphatic heterocycles. The molecule has 1 nitrogen and oxygen atoms in total. The van der Waals surface area contributed by atoms with Gasteiger partial charge in [-0.05, 0) is 6.07 Å². The van der Waals surface area contributed by atoms with Gasteiger partial charge in [-0.1, -0.05) is 81.7 Å². The molecule has 0 atom stereocenters. The fourth-order valence-electron chi connectivity index (χ4n) is 1.19. The molecule has 0 unspecified atom stereocenters. The molecule has 0 amide bonds. The van der Waals surface area contributed by atoms with E-state index >= 15 is 0 Å². The van der Waals surface area contributed by atoms with Gasteiger partial charge in [0.05, 0.1) is 11.6 Å². The number of hydrogen-bond donors (Lipinski definition) is 0. The van der Waals surface area contributed by atoms with Gasteiger partial charge in [-0.3, -0.25) is 0 Å². The fraction of sp³-hybridized carbons (Fsp3) is 0.222. The Kier molecular flexibility index (Phi) is 4.52. The van der Waals surface area contributed by atoms with Crippen LogP contribution >= 0.6 is 69.6 Å². The predicted octanol–water partition coefficient (Wildman–Crippen LogP) is 5.21. The normalized spacial score (nSPS) is 12.3. The minimum absolute atomic E-state index is 0.0856. The molecule has 0 saturated heterocycles. The first-order valence-corrected chi connectivity index (χ1v) is 6.12. The van der Waals surface area contributed by atoms with Crippen molar-refractivity contribution >= 4 is 69.6 Å². The summed E-state index contributed by atoms with van der Waals surface area (Å²) in [5.41, 5.74) is 0.419. The van der Waals surface area contributed by atoms with Gasteiger partial charge in [0.1, 0.15) is 0 Å². The Morgan fingerprint density at radius 2 is 1.50 bits per heavy atom. The maximum Gasteiger partial charge on any atom is 0.217 e. The molecule has 0 aromatic heterocycles. The molecule has 1 aromatic carbocycles. The first kappa shape index (κ1) is 14.5. The van der Waals surface area contributed by atoms with Gasteiger partial charge in [0.15, 0.2) is 0 Å². The van der Waals surface area contributed by atoms with Crippen molar-refractivity contribution in [1.29, 1.82) is 5.26 Å². The minimum Gasteiger partial charge on any atom is -0.192 e. The Hall–Kier alpha value is 0.450. The van der Waals surface area contributed by atoms with Crippen LogP contribution in [0.4, 0.5) is 0 Å². The second kappa shape index (κ2) is 4.98. The van der Waals surface area contributed by atoms with Crippen LogP contribution in [0.15, 0.2) is 18.2 Å². The molecule has 86 valence electrons. The summed E-state index contributed by atoms with van der Waals surface area (Å²) in [5, 5.41) is 8.92. The lowest BCUT2D eigenvalue weighted by atomic mass is 10.0. The molecule has 1 rings (SSSR count). The minimum atomic E-state index is -1.83. The molecular formula is C9H3Cl6N. The summed E-state index contributed by atoms with van der Waals surface area (Å²) in [6.07, 6.45) is 0. The van der Waals surface area contributed by atoms with Gasteiger partial charge in [0, 0.05) is 11.1 Å². The zero-order chi connectivity index (χ0) is 12.6. The topological polar surface area (TPSA) is 23.8 Å². The Balaban J connectivity index is 3.59. The van der Waals surface area contributed by atoms with E-state index in [2.05, 4.69) is 0 Å². The number of nitriles is 1. The molecule has 0 saturated carbocycles. The van der Waals surface area contributed by atoms with Gasteiger partial charge < -0.3 is 0 Å². The van der Waals surface area contributed by atoms with Crippen LogP contribution in [0.1, 0.15) is 16.7 Å². The monoisotopic (exact) mass is 335 g/mol. The van der Waals surface area contributed by atoms with E-state index in [9.17, 15) is 0 Å². The van der Waals surface area contributed by atoms with Crippen molar-refractivity contribution in [2.24, 2.45) is 0 Å². The van der Waals surface area contributed by atoms with Crippen molar-refractivity contribution in [2.75, 3.05) is 0 Å². The average Bonchev–Trinajstić information content (AvgIpc) is 2.13. The summed E-state index contributed by atoms with van der Waals surface area (Å²) in [6, 6.07) is 6.41. The average molecular weight is 338 g/mol. The van der Waals surface area contributed by atoms with Gasteiger partial charge in [-0.2, -0.15) is 5.26 Å². The molecule has 0 aliphatic carbocycles.